The number of urea groups is 1. The summed E-state index contributed by atoms with van der Waals surface area (Å²) in [5, 5.41) is 11.2. The van der Waals surface area contributed by atoms with E-state index in [1.54, 1.807) is 13.8 Å². The van der Waals surface area contributed by atoms with Gasteiger partial charge >= 0.3 is 6.03 Å². The van der Waals surface area contributed by atoms with Crippen molar-refractivity contribution in [1.82, 2.24) is 20.4 Å². The molecule has 0 aliphatic carbocycles. The van der Waals surface area contributed by atoms with Crippen molar-refractivity contribution < 1.29 is 14.0 Å². The molecule has 1 unspecified atom stereocenters. The Morgan fingerprint density at radius 3 is 2.62 bits per heavy atom. The lowest BCUT2D eigenvalue weighted by molar-refractivity contribution is -0.130. The quantitative estimate of drug-likeness (QED) is 0.592. The van der Waals surface area contributed by atoms with Crippen LogP contribution in [0.3, 0.4) is 0 Å². The van der Waals surface area contributed by atoms with Crippen LogP contribution < -0.4 is 5.32 Å². The maximum Gasteiger partial charge on any atom is 0.325 e. The zero-order valence-electron chi connectivity index (χ0n) is 15.1. The smallest absolute Gasteiger partial charge is 0.325 e. The number of thioether (sulfide) groups is 1. The van der Waals surface area contributed by atoms with E-state index in [0.29, 0.717) is 29.8 Å². The van der Waals surface area contributed by atoms with Gasteiger partial charge in [0.05, 0.1) is 0 Å². The fourth-order valence-corrected chi connectivity index (χ4v) is 3.49. The highest BCUT2D eigenvalue weighted by atomic mass is 32.2. The summed E-state index contributed by atoms with van der Waals surface area (Å²) >= 11 is 1.34. The Morgan fingerprint density at radius 2 is 1.96 bits per heavy atom. The van der Waals surface area contributed by atoms with Crippen molar-refractivity contribution in [3.05, 3.63) is 41.8 Å². The molecule has 0 radical (unpaired) electrons. The van der Waals surface area contributed by atoms with E-state index in [-0.39, 0.29) is 17.9 Å². The average Bonchev–Trinajstić information content (AvgIpc) is 3.12. The van der Waals surface area contributed by atoms with Crippen LogP contribution in [0.1, 0.15) is 38.1 Å². The Bertz CT molecular complexity index is 791. The summed E-state index contributed by atoms with van der Waals surface area (Å²) in [7, 11) is 0. The molecule has 3 amide bonds. The molecule has 138 valence electrons. The summed E-state index contributed by atoms with van der Waals surface area (Å²) < 4.78 is 5.67. The lowest BCUT2D eigenvalue weighted by Crippen LogP contribution is -2.40. The molecular weight excluding hydrogens is 352 g/mol. The number of hydrogen-bond donors (Lipinski definition) is 1. The standard InChI is InChI=1S/C18H22N4O3S/c1-12(13-7-5-4-6-8-13)11-14-20-21-17(25-14)26-10-9-22-15(23)18(2,3)19-16(22)24/h4-8,12H,9-11H2,1-3H3,(H,19,24). The number of amides is 3. The van der Waals surface area contributed by atoms with Gasteiger partial charge in [-0.1, -0.05) is 49.0 Å². The first kappa shape index (κ1) is 18.4. The molecule has 2 aromatic rings. The van der Waals surface area contributed by atoms with E-state index >= 15 is 0 Å². The minimum Gasteiger partial charge on any atom is -0.416 e. The molecule has 1 aliphatic rings. The van der Waals surface area contributed by atoms with Crippen molar-refractivity contribution >= 4 is 23.7 Å². The maximum absolute atomic E-state index is 12.1. The highest BCUT2D eigenvalue weighted by Crippen LogP contribution is 2.23. The fourth-order valence-electron chi connectivity index (χ4n) is 2.79. The largest absolute Gasteiger partial charge is 0.416 e. The number of nitrogens with one attached hydrogen (secondary N) is 1. The average molecular weight is 374 g/mol. The zero-order valence-corrected chi connectivity index (χ0v) is 15.9. The third-order valence-electron chi connectivity index (χ3n) is 4.28. The Hall–Kier alpha value is -2.35. The maximum atomic E-state index is 12.1. The van der Waals surface area contributed by atoms with Gasteiger partial charge in [-0.2, -0.15) is 0 Å². The van der Waals surface area contributed by atoms with Crippen LogP contribution >= 0.6 is 11.8 Å². The summed E-state index contributed by atoms with van der Waals surface area (Å²) in [6.07, 6.45) is 0.665. The van der Waals surface area contributed by atoms with Gasteiger partial charge in [0.1, 0.15) is 5.54 Å². The second kappa shape index (κ2) is 7.49. The van der Waals surface area contributed by atoms with Gasteiger partial charge in [0.2, 0.25) is 5.89 Å². The molecule has 0 bridgehead atoms. The first-order chi connectivity index (χ1) is 12.4. The van der Waals surface area contributed by atoms with Gasteiger partial charge in [-0.05, 0) is 25.3 Å². The van der Waals surface area contributed by atoms with Crippen LogP contribution in [0, 0.1) is 0 Å². The molecule has 1 N–H and O–H groups in total. The predicted octanol–water partition coefficient (Wildman–Crippen LogP) is 2.84. The van der Waals surface area contributed by atoms with Crippen molar-refractivity contribution in [2.45, 2.75) is 43.9 Å². The van der Waals surface area contributed by atoms with Gasteiger partial charge in [0.25, 0.3) is 11.1 Å². The summed E-state index contributed by atoms with van der Waals surface area (Å²) in [6, 6.07) is 9.82. The van der Waals surface area contributed by atoms with Gasteiger partial charge in [0, 0.05) is 18.7 Å². The monoisotopic (exact) mass is 374 g/mol. The number of benzene rings is 1. The number of carbonyl (C=O) groups is 2. The number of nitrogens with zero attached hydrogens (tertiary/aromatic N) is 3. The minimum atomic E-state index is -0.840. The Morgan fingerprint density at radius 1 is 1.23 bits per heavy atom. The number of carbonyl (C=O) groups excluding carboxylic acids is 2. The molecule has 2 heterocycles. The number of imide groups is 1. The summed E-state index contributed by atoms with van der Waals surface area (Å²) in [5.41, 5.74) is 0.383. The third-order valence-corrected chi connectivity index (χ3v) is 5.08. The first-order valence-corrected chi connectivity index (χ1v) is 9.49. The SMILES string of the molecule is CC(Cc1nnc(SCCN2C(=O)NC(C)(C)C2=O)o1)c1ccccc1. The molecule has 26 heavy (non-hydrogen) atoms. The first-order valence-electron chi connectivity index (χ1n) is 8.51. The molecule has 1 atom stereocenters. The van der Waals surface area contributed by atoms with E-state index in [0.717, 1.165) is 0 Å². The lowest BCUT2D eigenvalue weighted by atomic mass is 9.98. The van der Waals surface area contributed by atoms with Crippen LogP contribution in [0.25, 0.3) is 0 Å². The highest BCUT2D eigenvalue weighted by molar-refractivity contribution is 7.99. The second-order valence-corrected chi connectivity index (χ2v) is 7.88. The summed E-state index contributed by atoms with van der Waals surface area (Å²) in [5.74, 6) is 1.15. The number of hydrogen-bond acceptors (Lipinski definition) is 6. The highest BCUT2D eigenvalue weighted by Gasteiger charge is 2.43. The molecule has 7 nitrogen and oxygen atoms in total. The zero-order chi connectivity index (χ0) is 18.7. The van der Waals surface area contributed by atoms with Crippen LogP contribution in [0.4, 0.5) is 4.79 Å². The third kappa shape index (κ3) is 4.07. The van der Waals surface area contributed by atoms with Crippen molar-refractivity contribution in [3.8, 4) is 0 Å². The fraction of sp³-hybridized carbons (Fsp3) is 0.444. The van der Waals surface area contributed by atoms with Gasteiger partial charge in [0.15, 0.2) is 0 Å². The van der Waals surface area contributed by atoms with Gasteiger partial charge in [-0.15, -0.1) is 10.2 Å². The van der Waals surface area contributed by atoms with Gasteiger partial charge < -0.3 is 9.73 Å². The normalized spacial score (nSPS) is 17.4. The molecule has 3 rings (SSSR count). The van der Waals surface area contributed by atoms with Crippen LogP contribution in [0.15, 0.2) is 40.0 Å². The Balaban J connectivity index is 1.50. The van der Waals surface area contributed by atoms with E-state index in [1.807, 2.05) is 18.2 Å². The number of rotatable bonds is 7. The molecule has 8 heteroatoms. The van der Waals surface area contributed by atoms with Crippen LogP contribution in [-0.4, -0.2) is 44.9 Å². The van der Waals surface area contributed by atoms with Gasteiger partial charge in [-0.25, -0.2) is 4.79 Å². The van der Waals surface area contributed by atoms with E-state index in [9.17, 15) is 9.59 Å². The van der Waals surface area contributed by atoms with Crippen LogP contribution in [-0.2, 0) is 11.2 Å². The van der Waals surface area contributed by atoms with E-state index in [1.165, 1.54) is 22.2 Å². The van der Waals surface area contributed by atoms with E-state index in [2.05, 4.69) is 34.6 Å². The molecule has 1 aliphatic heterocycles. The number of aromatic nitrogens is 2. The van der Waals surface area contributed by atoms with Crippen molar-refractivity contribution in [2.24, 2.45) is 0 Å². The summed E-state index contributed by atoms with van der Waals surface area (Å²) in [6.45, 7) is 5.81. The van der Waals surface area contributed by atoms with Crippen molar-refractivity contribution in [1.29, 1.82) is 0 Å². The lowest BCUT2D eigenvalue weighted by Gasteiger charge is -2.15. The van der Waals surface area contributed by atoms with Gasteiger partial charge in [-0.3, -0.25) is 9.69 Å². The minimum absolute atomic E-state index is 0.217. The molecule has 1 saturated heterocycles. The van der Waals surface area contributed by atoms with E-state index in [4.69, 9.17) is 4.42 Å². The predicted molar refractivity (Wildman–Crippen MR) is 97.9 cm³/mol. The Kier molecular flexibility index (Phi) is 5.31. The molecule has 1 fully saturated rings. The van der Waals surface area contributed by atoms with Crippen molar-refractivity contribution in [2.75, 3.05) is 12.3 Å². The van der Waals surface area contributed by atoms with Crippen LogP contribution in [0.5, 0.6) is 0 Å². The second-order valence-electron chi connectivity index (χ2n) is 6.84. The Labute approximate surface area is 156 Å². The van der Waals surface area contributed by atoms with Crippen molar-refractivity contribution in [3.63, 3.8) is 0 Å². The molecule has 0 saturated carbocycles. The van der Waals surface area contributed by atoms with E-state index < -0.39 is 5.54 Å². The molecule has 1 aromatic heterocycles. The topological polar surface area (TPSA) is 88.3 Å². The molecule has 0 spiro atoms. The molecular formula is C18H22N4O3S. The molecule has 1 aromatic carbocycles. The van der Waals surface area contributed by atoms with Crippen LogP contribution in [0.2, 0.25) is 0 Å². The summed E-state index contributed by atoms with van der Waals surface area (Å²) in [4.78, 5) is 25.2.